The maximum atomic E-state index is 13.4. The Kier molecular flexibility index (Phi) is 6.16. The predicted octanol–water partition coefficient (Wildman–Crippen LogP) is 3.25. The normalized spacial score (nSPS) is 24.1. The molecule has 29 heavy (non-hydrogen) atoms. The third-order valence-electron chi connectivity index (χ3n) is 7.31. The van der Waals surface area contributed by atoms with E-state index in [1.54, 1.807) is 0 Å². The molecule has 0 radical (unpaired) electrons. The molecule has 5 nitrogen and oxygen atoms in total. The fourth-order valence-corrected chi connectivity index (χ4v) is 4.96. The Labute approximate surface area is 176 Å². The van der Waals surface area contributed by atoms with Crippen LogP contribution in [0.15, 0.2) is 24.3 Å². The van der Waals surface area contributed by atoms with Gasteiger partial charge in [0.15, 0.2) is 0 Å². The number of nitrogens with zero attached hydrogens (tertiary/aromatic N) is 2. The summed E-state index contributed by atoms with van der Waals surface area (Å²) in [6, 6.07) is 8.45. The van der Waals surface area contributed by atoms with Gasteiger partial charge in [0, 0.05) is 50.4 Å². The largest absolute Gasteiger partial charge is 0.371 e. The molecule has 0 spiro atoms. The SMILES string of the molecule is Cc1ccc(NC2(C(=O)NCC3(CN4CCN(C)CC4)CC3)CCCCC2)cc1. The highest BCUT2D eigenvalue weighted by molar-refractivity contribution is 5.89. The van der Waals surface area contributed by atoms with E-state index >= 15 is 0 Å². The maximum Gasteiger partial charge on any atom is 0.245 e. The summed E-state index contributed by atoms with van der Waals surface area (Å²) in [7, 11) is 2.20. The van der Waals surface area contributed by atoms with E-state index in [1.165, 1.54) is 24.8 Å². The molecule has 160 valence electrons. The Morgan fingerprint density at radius 2 is 1.62 bits per heavy atom. The van der Waals surface area contributed by atoms with Crippen molar-refractivity contribution in [1.82, 2.24) is 15.1 Å². The van der Waals surface area contributed by atoms with Crippen LogP contribution >= 0.6 is 0 Å². The Hall–Kier alpha value is -1.59. The van der Waals surface area contributed by atoms with Gasteiger partial charge in [-0.3, -0.25) is 4.79 Å². The molecular formula is C24H38N4O. The summed E-state index contributed by atoms with van der Waals surface area (Å²) in [5.74, 6) is 0.211. The van der Waals surface area contributed by atoms with Crippen LogP contribution in [0.5, 0.6) is 0 Å². The first-order valence-electron chi connectivity index (χ1n) is 11.5. The molecule has 0 atom stereocenters. The van der Waals surface area contributed by atoms with Crippen LogP contribution in [-0.2, 0) is 4.79 Å². The summed E-state index contributed by atoms with van der Waals surface area (Å²) >= 11 is 0. The molecular weight excluding hydrogens is 360 g/mol. The van der Waals surface area contributed by atoms with Crippen molar-refractivity contribution < 1.29 is 4.79 Å². The Bertz CT molecular complexity index is 683. The highest BCUT2D eigenvalue weighted by Gasteiger charge is 2.46. The first-order chi connectivity index (χ1) is 14.0. The Morgan fingerprint density at radius 3 is 2.24 bits per heavy atom. The van der Waals surface area contributed by atoms with Crippen LogP contribution in [0.1, 0.15) is 50.5 Å². The van der Waals surface area contributed by atoms with Crippen molar-refractivity contribution in [1.29, 1.82) is 0 Å². The molecule has 1 aromatic carbocycles. The maximum absolute atomic E-state index is 13.4. The standard InChI is InChI=1S/C24H38N4O/c1-20-6-8-21(9-7-20)26-24(10-4-3-5-11-24)22(29)25-18-23(12-13-23)19-28-16-14-27(2)15-17-28/h6-9,26H,3-5,10-19H2,1-2H3,(H,25,29). The van der Waals surface area contributed by atoms with E-state index in [2.05, 4.69) is 58.7 Å². The molecule has 2 saturated carbocycles. The zero-order valence-electron chi connectivity index (χ0n) is 18.3. The van der Waals surface area contributed by atoms with Gasteiger partial charge in [0.25, 0.3) is 0 Å². The summed E-state index contributed by atoms with van der Waals surface area (Å²) in [5.41, 5.74) is 2.17. The summed E-state index contributed by atoms with van der Waals surface area (Å²) in [5, 5.41) is 7.02. The molecule has 1 saturated heterocycles. The number of carbonyl (C=O) groups is 1. The van der Waals surface area contributed by atoms with Crippen LogP contribution in [-0.4, -0.2) is 67.6 Å². The summed E-state index contributed by atoms with van der Waals surface area (Å²) in [6.07, 6.45) is 7.84. The minimum Gasteiger partial charge on any atom is -0.371 e. The van der Waals surface area contributed by atoms with Gasteiger partial charge < -0.3 is 20.4 Å². The van der Waals surface area contributed by atoms with Crippen LogP contribution < -0.4 is 10.6 Å². The van der Waals surface area contributed by atoms with Crippen LogP contribution in [0.25, 0.3) is 0 Å². The average molecular weight is 399 g/mol. The fourth-order valence-electron chi connectivity index (χ4n) is 4.96. The lowest BCUT2D eigenvalue weighted by Crippen LogP contribution is -2.55. The van der Waals surface area contributed by atoms with Gasteiger partial charge >= 0.3 is 0 Å². The fraction of sp³-hybridized carbons (Fsp3) is 0.708. The third-order valence-corrected chi connectivity index (χ3v) is 7.31. The van der Waals surface area contributed by atoms with E-state index in [0.29, 0.717) is 5.41 Å². The Balaban J connectivity index is 1.36. The number of amides is 1. The molecule has 2 aliphatic carbocycles. The zero-order valence-corrected chi connectivity index (χ0v) is 18.3. The van der Waals surface area contributed by atoms with Crippen LogP contribution in [0, 0.1) is 12.3 Å². The number of benzene rings is 1. The number of hydrogen-bond donors (Lipinski definition) is 2. The quantitative estimate of drug-likeness (QED) is 0.740. The first kappa shape index (κ1) is 20.7. The second-order valence-electron chi connectivity index (χ2n) is 9.90. The molecule has 0 aromatic heterocycles. The second kappa shape index (κ2) is 8.65. The van der Waals surface area contributed by atoms with E-state index < -0.39 is 5.54 Å². The lowest BCUT2D eigenvalue weighted by molar-refractivity contribution is -0.126. The van der Waals surface area contributed by atoms with Gasteiger partial charge in [-0.05, 0) is 51.8 Å². The minimum atomic E-state index is -0.447. The van der Waals surface area contributed by atoms with Crippen molar-refractivity contribution in [2.45, 2.75) is 57.4 Å². The van der Waals surface area contributed by atoms with Gasteiger partial charge in [-0.15, -0.1) is 0 Å². The molecule has 0 bridgehead atoms. The summed E-state index contributed by atoms with van der Waals surface area (Å²) in [4.78, 5) is 18.4. The first-order valence-corrected chi connectivity index (χ1v) is 11.5. The average Bonchev–Trinajstić information content (AvgIpc) is 3.50. The van der Waals surface area contributed by atoms with Crippen molar-refractivity contribution >= 4 is 11.6 Å². The van der Waals surface area contributed by atoms with E-state index in [9.17, 15) is 4.79 Å². The van der Waals surface area contributed by atoms with Crippen molar-refractivity contribution in [2.75, 3.05) is 51.6 Å². The number of nitrogens with one attached hydrogen (secondary N) is 2. The van der Waals surface area contributed by atoms with Crippen molar-refractivity contribution in [2.24, 2.45) is 5.41 Å². The lowest BCUT2D eigenvalue weighted by atomic mass is 9.80. The van der Waals surface area contributed by atoms with Gasteiger partial charge in [-0.25, -0.2) is 0 Å². The number of likely N-dealkylation sites (N-methyl/N-ethyl adjacent to an activating group) is 1. The zero-order chi connectivity index (χ0) is 20.3. The van der Waals surface area contributed by atoms with E-state index in [4.69, 9.17) is 0 Å². The van der Waals surface area contributed by atoms with Gasteiger partial charge in [0.2, 0.25) is 5.91 Å². The molecule has 3 fully saturated rings. The van der Waals surface area contributed by atoms with Crippen molar-refractivity contribution in [3.63, 3.8) is 0 Å². The monoisotopic (exact) mass is 398 g/mol. The summed E-state index contributed by atoms with van der Waals surface area (Å²) < 4.78 is 0. The molecule has 3 aliphatic rings. The number of hydrogen-bond acceptors (Lipinski definition) is 4. The Morgan fingerprint density at radius 1 is 0.966 bits per heavy atom. The lowest BCUT2D eigenvalue weighted by Gasteiger charge is -2.38. The predicted molar refractivity (Wildman–Crippen MR) is 119 cm³/mol. The van der Waals surface area contributed by atoms with Crippen molar-refractivity contribution in [3.8, 4) is 0 Å². The number of aryl methyl sites for hydroxylation is 1. The van der Waals surface area contributed by atoms with Gasteiger partial charge in [-0.1, -0.05) is 37.0 Å². The highest BCUT2D eigenvalue weighted by Crippen LogP contribution is 2.46. The van der Waals surface area contributed by atoms with Gasteiger partial charge in [0.05, 0.1) is 0 Å². The molecule has 1 amide bonds. The molecule has 4 rings (SSSR count). The smallest absolute Gasteiger partial charge is 0.245 e. The third kappa shape index (κ3) is 5.13. The molecule has 2 N–H and O–H groups in total. The van der Waals surface area contributed by atoms with Crippen molar-refractivity contribution in [3.05, 3.63) is 29.8 Å². The molecule has 1 aliphatic heterocycles. The van der Waals surface area contributed by atoms with E-state index in [1.807, 2.05) is 0 Å². The molecule has 5 heteroatoms. The molecule has 0 unspecified atom stereocenters. The summed E-state index contributed by atoms with van der Waals surface area (Å²) in [6.45, 7) is 8.70. The van der Waals surface area contributed by atoms with Gasteiger partial charge in [-0.2, -0.15) is 0 Å². The number of carbonyl (C=O) groups excluding carboxylic acids is 1. The van der Waals surface area contributed by atoms with Crippen LogP contribution in [0.2, 0.25) is 0 Å². The van der Waals surface area contributed by atoms with Crippen LogP contribution in [0.3, 0.4) is 0 Å². The number of piperazine rings is 1. The highest BCUT2D eigenvalue weighted by atomic mass is 16.2. The number of rotatable bonds is 7. The molecule has 1 heterocycles. The molecule has 1 aromatic rings. The van der Waals surface area contributed by atoms with E-state index in [0.717, 1.165) is 70.6 Å². The van der Waals surface area contributed by atoms with Crippen LogP contribution in [0.4, 0.5) is 5.69 Å². The van der Waals surface area contributed by atoms with Gasteiger partial charge in [0.1, 0.15) is 5.54 Å². The minimum absolute atomic E-state index is 0.211. The second-order valence-corrected chi connectivity index (χ2v) is 9.90. The van der Waals surface area contributed by atoms with E-state index in [-0.39, 0.29) is 5.91 Å². The number of anilines is 1. The topological polar surface area (TPSA) is 47.6 Å².